The zero-order chi connectivity index (χ0) is 17.9. The van der Waals surface area contributed by atoms with Crippen molar-refractivity contribution >= 4 is 68.7 Å². The van der Waals surface area contributed by atoms with E-state index in [-0.39, 0.29) is 69.8 Å². The molecule has 0 bridgehead atoms. The zero-order valence-electron chi connectivity index (χ0n) is 14.8. The first-order chi connectivity index (χ1) is 10.5. The van der Waals surface area contributed by atoms with Crippen LogP contribution in [0.15, 0.2) is 34.6 Å². The number of carbonyl (C=O) groups excluding carboxylic acids is 3. The van der Waals surface area contributed by atoms with Crippen LogP contribution in [0.5, 0.6) is 0 Å². The maximum atomic E-state index is 12.9. The summed E-state index contributed by atoms with van der Waals surface area (Å²) in [5, 5.41) is 10.2. The Bertz CT molecular complexity index is 608. The summed E-state index contributed by atoms with van der Waals surface area (Å²) in [4.78, 5) is 37.8. The molecule has 1 N–H and O–H groups in total. The molecule has 0 amide bonds. The van der Waals surface area contributed by atoms with E-state index >= 15 is 0 Å². The van der Waals surface area contributed by atoms with Crippen LogP contribution in [0, 0.1) is 11.3 Å². The van der Waals surface area contributed by atoms with Gasteiger partial charge in [-0.1, -0.05) is 37.1 Å². The predicted molar refractivity (Wildman–Crippen MR) is 97.2 cm³/mol. The van der Waals surface area contributed by atoms with E-state index in [1.807, 2.05) is 39.8 Å². The molecule has 1 aliphatic rings. The Kier molecular flexibility index (Phi) is 9.26. The minimum absolute atomic E-state index is 0. The average Bonchev–Trinajstić information content (AvgIpc) is 2.63. The summed E-state index contributed by atoms with van der Waals surface area (Å²) in [6, 6.07) is 0. The quantitative estimate of drug-likeness (QED) is 0.342. The fourth-order valence-corrected chi connectivity index (χ4v) is 2.52. The molecule has 24 heavy (non-hydrogen) atoms. The zero-order valence-corrected chi connectivity index (χ0v) is 14.8. The van der Waals surface area contributed by atoms with Gasteiger partial charge < -0.3 is 5.11 Å². The van der Waals surface area contributed by atoms with Crippen molar-refractivity contribution in [3.8, 4) is 0 Å². The van der Waals surface area contributed by atoms with E-state index in [2.05, 4.69) is 0 Å². The van der Waals surface area contributed by atoms with Crippen LogP contribution in [0.4, 0.5) is 0 Å². The van der Waals surface area contributed by atoms with Gasteiger partial charge in [-0.2, -0.15) is 0 Å². The van der Waals surface area contributed by atoms with Crippen LogP contribution in [-0.2, 0) is 14.4 Å². The van der Waals surface area contributed by atoms with Crippen LogP contribution in [0.2, 0.25) is 0 Å². The van der Waals surface area contributed by atoms with Crippen LogP contribution in [0.1, 0.15) is 54.4 Å². The third-order valence-corrected chi connectivity index (χ3v) is 4.04. The van der Waals surface area contributed by atoms with Crippen LogP contribution in [0.25, 0.3) is 0 Å². The molecule has 0 radical (unpaired) electrons. The Labute approximate surface area is 186 Å². The molecule has 0 aromatic rings. The normalized spacial score (nSPS) is 16.1. The number of aliphatic hydroxyl groups is 1. The van der Waals surface area contributed by atoms with Crippen molar-refractivity contribution in [1.29, 1.82) is 0 Å². The second-order valence-electron chi connectivity index (χ2n) is 6.95. The van der Waals surface area contributed by atoms with E-state index < -0.39 is 34.4 Å². The van der Waals surface area contributed by atoms with E-state index in [0.717, 1.165) is 11.1 Å². The number of hydrogen-bond donors (Lipinski definition) is 1. The molecule has 5 heteroatoms. The van der Waals surface area contributed by atoms with Gasteiger partial charge in [0.25, 0.3) is 0 Å². The first-order valence-electron chi connectivity index (χ1n) is 7.88. The maximum absolute atomic E-state index is 12.9. The summed E-state index contributed by atoms with van der Waals surface area (Å²) in [6.45, 7) is 10.8. The molecule has 1 rings (SSSR count). The van der Waals surface area contributed by atoms with Crippen molar-refractivity contribution in [3.05, 3.63) is 34.6 Å². The summed E-state index contributed by atoms with van der Waals surface area (Å²) >= 11 is 0. The molecule has 0 atom stereocenters. The Morgan fingerprint density at radius 1 is 1.00 bits per heavy atom. The molecule has 4 nitrogen and oxygen atoms in total. The van der Waals surface area contributed by atoms with Crippen molar-refractivity contribution in [1.82, 2.24) is 0 Å². The van der Waals surface area contributed by atoms with Crippen molar-refractivity contribution in [2.24, 2.45) is 11.3 Å². The summed E-state index contributed by atoms with van der Waals surface area (Å²) < 4.78 is 0. The molecule has 0 heterocycles. The van der Waals surface area contributed by atoms with Gasteiger partial charge >= 0.3 is 51.4 Å². The van der Waals surface area contributed by atoms with Gasteiger partial charge in [-0.3, -0.25) is 14.4 Å². The molecular formula is C19H27KO4. The second kappa shape index (κ2) is 9.39. The topological polar surface area (TPSA) is 71.4 Å². The van der Waals surface area contributed by atoms with Gasteiger partial charge in [0.15, 0.2) is 17.3 Å². The van der Waals surface area contributed by atoms with Crippen molar-refractivity contribution in [2.45, 2.75) is 54.4 Å². The van der Waals surface area contributed by atoms with Gasteiger partial charge in [0.05, 0.1) is 0 Å². The standard InChI is InChI=1S/C19H26O4.K.H/c1-11(2)7-9-19(10-8-12(3)4)17(22)14(15(20)13(5)6)16(21)18(19)23;;/h7-8,13,21H,9-10H2,1-6H3;;. The molecule has 0 saturated heterocycles. The van der Waals surface area contributed by atoms with Gasteiger partial charge in [-0.05, 0) is 40.5 Å². The van der Waals surface area contributed by atoms with E-state index in [1.54, 1.807) is 13.8 Å². The molecule has 0 saturated carbocycles. The SMILES string of the molecule is CC(C)=CCC1(CC=C(C)C)C(=O)C(O)=C(C(=O)C(C)C)C1=O.[KH]. The molecular weight excluding hydrogens is 331 g/mol. The minimum atomic E-state index is -1.39. The van der Waals surface area contributed by atoms with Crippen molar-refractivity contribution in [2.75, 3.05) is 0 Å². The van der Waals surface area contributed by atoms with Crippen molar-refractivity contribution < 1.29 is 19.5 Å². The molecule has 0 aromatic carbocycles. The summed E-state index contributed by atoms with van der Waals surface area (Å²) in [6.07, 6.45) is 4.00. The van der Waals surface area contributed by atoms with Crippen LogP contribution < -0.4 is 0 Å². The number of Topliss-reactive ketones (excluding diaryl/α,β-unsaturated/α-hetero) is 3. The first kappa shape index (κ1) is 23.7. The van der Waals surface area contributed by atoms with E-state index in [4.69, 9.17) is 0 Å². The number of allylic oxidation sites excluding steroid dienone is 6. The average molecular weight is 359 g/mol. The second-order valence-corrected chi connectivity index (χ2v) is 6.95. The van der Waals surface area contributed by atoms with Gasteiger partial charge in [0.1, 0.15) is 11.0 Å². The Morgan fingerprint density at radius 2 is 1.42 bits per heavy atom. The van der Waals surface area contributed by atoms with E-state index in [0.29, 0.717) is 0 Å². The van der Waals surface area contributed by atoms with Gasteiger partial charge in [-0.15, -0.1) is 0 Å². The molecule has 128 valence electrons. The number of ketones is 3. The summed E-state index contributed by atoms with van der Waals surface area (Å²) in [5.41, 5.74) is 0.239. The van der Waals surface area contributed by atoms with Crippen LogP contribution >= 0.6 is 0 Å². The predicted octanol–water partition coefficient (Wildman–Crippen LogP) is 3.23. The molecule has 0 aliphatic heterocycles. The van der Waals surface area contributed by atoms with Gasteiger partial charge in [0.2, 0.25) is 5.78 Å². The number of hydrogen-bond acceptors (Lipinski definition) is 4. The third kappa shape index (κ3) is 4.85. The van der Waals surface area contributed by atoms with E-state index in [9.17, 15) is 19.5 Å². The third-order valence-electron chi connectivity index (χ3n) is 4.04. The van der Waals surface area contributed by atoms with Crippen LogP contribution in [0.3, 0.4) is 0 Å². The summed E-state index contributed by atoms with van der Waals surface area (Å²) in [7, 11) is 0. The van der Waals surface area contributed by atoms with Gasteiger partial charge in [0, 0.05) is 5.92 Å². The van der Waals surface area contributed by atoms with Crippen LogP contribution in [-0.4, -0.2) is 73.8 Å². The fourth-order valence-electron chi connectivity index (χ4n) is 2.52. The monoisotopic (exact) mass is 358 g/mol. The Hall–Kier alpha value is -0.334. The molecule has 0 spiro atoms. The number of aliphatic hydroxyl groups excluding tert-OH is 1. The number of carbonyl (C=O) groups is 3. The van der Waals surface area contributed by atoms with Crippen molar-refractivity contribution in [3.63, 3.8) is 0 Å². The summed E-state index contributed by atoms with van der Waals surface area (Å²) in [5.74, 6) is -2.78. The molecule has 0 unspecified atom stereocenters. The van der Waals surface area contributed by atoms with E-state index in [1.165, 1.54) is 0 Å². The Balaban J connectivity index is 0.00000529. The fraction of sp³-hybridized carbons (Fsp3) is 0.526. The first-order valence-corrected chi connectivity index (χ1v) is 7.88. The number of rotatable bonds is 6. The Morgan fingerprint density at radius 3 is 1.75 bits per heavy atom. The molecule has 0 aromatic heterocycles. The molecule has 1 aliphatic carbocycles. The molecule has 0 fully saturated rings. The van der Waals surface area contributed by atoms with Gasteiger partial charge in [-0.25, -0.2) is 0 Å².